The van der Waals surface area contributed by atoms with Gasteiger partial charge in [-0.25, -0.2) is 4.74 Å². The quantitative estimate of drug-likeness (QED) is 0.497. The van der Waals surface area contributed by atoms with Crippen LogP contribution in [-0.4, -0.2) is 13.7 Å². The predicted octanol–water partition coefficient (Wildman–Crippen LogP) is 3.51. The highest BCUT2D eigenvalue weighted by molar-refractivity contribution is 7.87. The largest absolute Gasteiger partial charge is 0.349 e. The van der Waals surface area contributed by atoms with Gasteiger partial charge in [-0.05, 0) is 48.5 Å². The van der Waals surface area contributed by atoms with Crippen LogP contribution in [0.3, 0.4) is 0 Å². The molecule has 5 heteroatoms. The van der Waals surface area contributed by atoms with Crippen LogP contribution in [0.1, 0.15) is 0 Å². The molecule has 0 aliphatic carbocycles. The summed E-state index contributed by atoms with van der Waals surface area (Å²) in [5, 5.41) is 0. The van der Waals surface area contributed by atoms with Crippen LogP contribution in [0.4, 0.5) is 5.69 Å². The first-order valence-electron chi connectivity index (χ1n) is 8.66. The molecule has 0 bridgehead atoms. The van der Waals surface area contributed by atoms with E-state index in [1.54, 1.807) is 0 Å². The molecule has 0 aliphatic rings. The van der Waals surface area contributed by atoms with Gasteiger partial charge in [0.1, 0.15) is 7.05 Å². The molecule has 132 valence electrons. The van der Waals surface area contributed by atoms with E-state index in [1.165, 1.54) is 16.3 Å². The van der Waals surface area contributed by atoms with Gasteiger partial charge in [-0.2, -0.15) is 0 Å². The summed E-state index contributed by atoms with van der Waals surface area (Å²) in [5.74, 6) is 0. The molecule has 0 radical (unpaired) electrons. The number of rotatable bonds is 4. The van der Waals surface area contributed by atoms with Crippen LogP contribution in [0.15, 0.2) is 90.1 Å². The van der Waals surface area contributed by atoms with E-state index >= 15 is 0 Å². The highest BCUT2D eigenvalue weighted by Gasteiger charge is 2.33. The molecular weight excluding hydrogens is 339 g/mol. The van der Waals surface area contributed by atoms with Crippen molar-refractivity contribution in [2.45, 2.75) is 0 Å². The molecule has 26 heavy (non-hydrogen) atoms. The van der Waals surface area contributed by atoms with Crippen molar-refractivity contribution in [2.24, 2.45) is 25.9 Å². The van der Waals surface area contributed by atoms with Gasteiger partial charge in [0.05, 0.1) is 22.0 Å². The fraction of sp³-hybridized carbons (Fsp3) is 0.143. The Morgan fingerprint density at radius 3 is 1.35 bits per heavy atom. The molecule has 4 rings (SSSR count). The zero-order valence-corrected chi connectivity index (χ0v) is 16.2. The third kappa shape index (κ3) is 2.58. The van der Waals surface area contributed by atoms with Gasteiger partial charge >= 0.3 is 0 Å². The van der Waals surface area contributed by atoms with Gasteiger partial charge in [-0.3, -0.25) is 0 Å². The van der Waals surface area contributed by atoms with Crippen molar-refractivity contribution in [1.29, 1.82) is 0 Å². The third-order valence-corrected chi connectivity index (χ3v) is 8.68. The fourth-order valence-electron chi connectivity index (χ4n) is 3.54. The van der Waals surface area contributed by atoms with E-state index in [-0.39, 0.29) is 0 Å². The Bertz CT molecular complexity index is 977. The van der Waals surface area contributed by atoms with Crippen LogP contribution >= 0.6 is 7.05 Å². The number of aromatic nitrogens is 3. The zero-order valence-electron chi connectivity index (χ0n) is 15.3. The molecule has 0 atom stereocenters. The van der Waals surface area contributed by atoms with Crippen LogP contribution in [0, 0.1) is 0 Å². The van der Waals surface area contributed by atoms with E-state index < -0.39 is 7.05 Å². The third-order valence-electron chi connectivity index (χ3n) is 4.77. The summed E-state index contributed by atoms with van der Waals surface area (Å²) in [6, 6.07) is 23.3. The fourth-order valence-corrected chi connectivity index (χ4v) is 7.50. The summed E-state index contributed by atoms with van der Waals surface area (Å²) in [5.41, 5.74) is 4.73. The molecule has 0 amide bonds. The molecule has 4 aromatic rings. The minimum atomic E-state index is -2.23. The molecule has 3 aromatic heterocycles. The molecule has 0 saturated carbocycles. The lowest BCUT2D eigenvalue weighted by molar-refractivity contribution is 0.939. The summed E-state index contributed by atoms with van der Waals surface area (Å²) >= 11 is 0. The summed E-state index contributed by atoms with van der Waals surface area (Å²) in [7, 11) is 4.09. The number of hydrogen-bond donors (Lipinski definition) is 0. The van der Waals surface area contributed by atoms with Gasteiger partial charge in [-0.1, -0.05) is 18.2 Å². The van der Waals surface area contributed by atoms with Crippen LogP contribution in [-0.2, 0) is 21.1 Å². The minimum absolute atomic E-state index is 1.00. The van der Waals surface area contributed by atoms with Crippen molar-refractivity contribution >= 4 is 29.0 Å². The molecular formula is C21H23N4P. The van der Waals surface area contributed by atoms with Crippen LogP contribution in [0.5, 0.6) is 0 Å². The van der Waals surface area contributed by atoms with E-state index in [0.29, 0.717) is 0 Å². The average molecular weight is 362 g/mol. The first kappa shape index (κ1) is 16.7. The number of hydrogen-bond acceptors (Lipinski definition) is 1. The molecule has 0 N–H and O–H groups in total. The highest BCUT2D eigenvalue weighted by Crippen LogP contribution is 2.49. The van der Waals surface area contributed by atoms with Crippen LogP contribution in [0.2, 0.25) is 0 Å². The summed E-state index contributed by atoms with van der Waals surface area (Å²) in [6.07, 6.45) is 6.32. The maximum absolute atomic E-state index is 5.45. The predicted molar refractivity (Wildman–Crippen MR) is 111 cm³/mol. The van der Waals surface area contributed by atoms with E-state index in [1.807, 2.05) is 6.07 Å². The van der Waals surface area contributed by atoms with Crippen molar-refractivity contribution in [2.75, 3.05) is 0 Å². The van der Waals surface area contributed by atoms with Gasteiger partial charge in [0.15, 0.2) is 0 Å². The zero-order chi connectivity index (χ0) is 18.1. The Morgan fingerprint density at radius 1 is 0.577 bits per heavy atom. The molecule has 3 heterocycles. The second-order valence-corrected chi connectivity index (χ2v) is 9.35. The lowest BCUT2D eigenvalue weighted by atomic mass is 10.3. The van der Waals surface area contributed by atoms with Crippen molar-refractivity contribution in [3.05, 3.63) is 85.3 Å². The lowest BCUT2D eigenvalue weighted by Gasteiger charge is -2.27. The normalized spacial score (nSPS) is 11.7. The topological polar surface area (TPSA) is 27.1 Å². The van der Waals surface area contributed by atoms with Gasteiger partial charge in [-0.15, -0.1) is 0 Å². The second-order valence-electron chi connectivity index (χ2n) is 6.50. The van der Waals surface area contributed by atoms with Gasteiger partial charge in [0.25, 0.3) is 0 Å². The summed E-state index contributed by atoms with van der Waals surface area (Å²) < 4.78 is 12.1. The molecule has 1 aromatic carbocycles. The Balaban J connectivity index is 2.19. The maximum atomic E-state index is 5.45. The number of aryl methyl sites for hydroxylation is 3. The molecule has 0 saturated heterocycles. The molecule has 0 spiro atoms. The van der Waals surface area contributed by atoms with Crippen molar-refractivity contribution in [3.63, 3.8) is 0 Å². The number of nitrogens with zero attached hydrogens (tertiary/aromatic N) is 4. The Morgan fingerprint density at radius 2 is 1.00 bits per heavy atom. The second kappa shape index (κ2) is 6.54. The molecule has 0 unspecified atom stereocenters. The summed E-state index contributed by atoms with van der Waals surface area (Å²) in [6.45, 7) is 0. The Hall–Kier alpha value is -2.71. The first-order chi connectivity index (χ1) is 12.6. The van der Waals surface area contributed by atoms with Gasteiger partial charge in [0.2, 0.25) is 0 Å². The smallest absolute Gasteiger partial charge is 0.108 e. The molecule has 0 fully saturated rings. The van der Waals surface area contributed by atoms with Gasteiger partial charge < -0.3 is 13.7 Å². The van der Waals surface area contributed by atoms with E-state index in [2.05, 4.69) is 114 Å². The SMILES string of the molecule is Cn1cccc1P(=Nc1ccccc1)(c1cccn1C)c1cccn1C. The van der Waals surface area contributed by atoms with Gasteiger partial charge in [0, 0.05) is 39.7 Å². The number of benzene rings is 1. The van der Waals surface area contributed by atoms with Crippen molar-refractivity contribution in [3.8, 4) is 0 Å². The highest BCUT2D eigenvalue weighted by atomic mass is 31.2. The summed E-state index contributed by atoms with van der Waals surface area (Å²) in [4.78, 5) is 0. The van der Waals surface area contributed by atoms with Crippen LogP contribution in [0.25, 0.3) is 0 Å². The van der Waals surface area contributed by atoms with E-state index in [0.717, 1.165) is 5.69 Å². The molecule has 4 nitrogen and oxygen atoms in total. The first-order valence-corrected chi connectivity index (χ1v) is 10.4. The maximum Gasteiger partial charge on any atom is 0.108 e. The van der Waals surface area contributed by atoms with E-state index in [9.17, 15) is 0 Å². The van der Waals surface area contributed by atoms with E-state index in [4.69, 9.17) is 4.74 Å². The van der Waals surface area contributed by atoms with Crippen molar-refractivity contribution in [1.82, 2.24) is 13.7 Å². The Labute approximate surface area is 154 Å². The minimum Gasteiger partial charge on any atom is -0.349 e. The molecule has 0 aliphatic heterocycles. The lowest BCUT2D eigenvalue weighted by Crippen LogP contribution is -2.34. The van der Waals surface area contributed by atoms with Crippen molar-refractivity contribution < 1.29 is 0 Å². The monoisotopic (exact) mass is 362 g/mol. The van der Waals surface area contributed by atoms with Crippen LogP contribution < -0.4 is 16.3 Å². The standard InChI is InChI=1S/C21H23N4P/c1-23-15-7-12-19(23)26(20-13-8-16-24(20)2,21-14-9-17-25(21)3)22-18-10-5-4-6-11-18/h4-17H,1-3H3. The average Bonchev–Trinajstić information content (AvgIpc) is 3.36. The Kier molecular flexibility index (Phi) is 4.21.